The fraction of sp³-hybridized carbons (Fsp3) is 0.391. The van der Waals surface area contributed by atoms with Gasteiger partial charge in [0.2, 0.25) is 11.8 Å². The fourth-order valence-corrected chi connectivity index (χ4v) is 3.01. The summed E-state index contributed by atoms with van der Waals surface area (Å²) in [5, 5.41) is 3.54. The van der Waals surface area contributed by atoms with Crippen molar-refractivity contribution in [2.75, 3.05) is 13.7 Å². The summed E-state index contributed by atoms with van der Waals surface area (Å²) in [6.07, 6.45) is 0.197. The van der Waals surface area contributed by atoms with Gasteiger partial charge in [0.05, 0.1) is 13.5 Å². The van der Waals surface area contributed by atoms with Crippen LogP contribution < -0.4 is 10.1 Å². The minimum absolute atomic E-state index is 0.123. The largest absolute Gasteiger partial charge is 0.497 e. The fourth-order valence-electron chi connectivity index (χ4n) is 2.88. The first kappa shape index (κ1) is 22.8. The number of carbonyl (C=O) groups is 2. The number of methoxy groups -OCH3 is 1. The van der Waals surface area contributed by atoms with Crippen LogP contribution in [0.25, 0.3) is 0 Å². The highest BCUT2D eigenvalue weighted by atomic mass is 35.5. The SMILES string of the molecule is COc1cccc(CN(C(=O)Cc2ccc(Cl)cc2)[C@@H](C)C(=O)NCC(C)C)c1. The number of nitrogens with one attached hydrogen (secondary N) is 1. The Morgan fingerprint density at radius 1 is 1.07 bits per heavy atom. The summed E-state index contributed by atoms with van der Waals surface area (Å²) in [6, 6.07) is 14.1. The highest BCUT2D eigenvalue weighted by molar-refractivity contribution is 6.30. The van der Waals surface area contributed by atoms with Gasteiger partial charge >= 0.3 is 0 Å². The van der Waals surface area contributed by atoms with E-state index in [1.165, 1.54) is 0 Å². The number of hydrogen-bond acceptors (Lipinski definition) is 3. The van der Waals surface area contributed by atoms with Crippen LogP contribution >= 0.6 is 11.6 Å². The van der Waals surface area contributed by atoms with Crippen molar-refractivity contribution < 1.29 is 14.3 Å². The molecule has 0 heterocycles. The molecule has 2 amide bonds. The second-order valence-corrected chi connectivity index (χ2v) is 7.93. The summed E-state index contributed by atoms with van der Waals surface area (Å²) in [5.41, 5.74) is 1.75. The van der Waals surface area contributed by atoms with Crippen molar-refractivity contribution in [2.24, 2.45) is 5.92 Å². The minimum Gasteiger partial charge on any atom is -0.497 e. The van der Waals surface area contributed by atoms with E-state index < -0.39 is 6.04 Å². The van der Waals surface area contributed by atoms with Gasteiger partial charge in [0.15, 0.2) is 0 Å². The average molecular weight is 417 g/mol. The summed E-state index contributed by atoms with van der Waals surface area (Å²) in [6.45, 7) is 6.71. The molecule has 0 aliphatic heterocycles. The number of rotatable bonds is 9. The zero-order chi connectivity index (χ0) is 21.4. The Morgan fingerprint density at radius 2 is 1.76 bits per heavy atom. The van der Waals surface area contributed by atoms with E-state index in [1.54, 1.807) is 31.1 Å². The molecule has 0 aromatic heterocycles. The van der Waals surface area contributed by atoms with Crippen LogP contribution in [0.1, 0.15) is 31.9 Å². The van der Waals surface area contributed by atoms with Crippen LogP contribution in [0.15, 0.2) is 48.5 Å². The van der Waals surface area contributed by atoms with E-state index in [0.29, 0.717) is 29.8 Å². The molecule has 0 unspecified atom stereocenters. The summed E-state index contributed by atoms with van der Waals surface area (Å²) in [4.78, 5) is 27.4. The van der Waals surface area contributed by atoms with Crippen LogP contribution in [0.5, 0.6) is 5.75 Å². The third-order valence-electron chi connectivity index (χ3n) is 4.61. The molecule has 0 saturated heterocycles. The molecule has 2 aromatic carbocycles. The van der Waals surface area contributed by atoms with E-state index >= 15 is 0 Å². The number of amides is 2. The lowest BCUT2D eigenvalue weighted by Crippen LogP contribution is -2.48. The number of hydrogen-bond donors (Lipinski definition) is 1. The van der Waals surface area contributed by atoms with Gasteiger partial charge in [-0.25, -0.2) is 0 Å². The molecule has 0 bridgehead atoms. The molecule has 6 heteroatoms. The first-order chi connectivity index (χ1) is 13.8. The maximum absolute atomic E-state index is 13.1. The van der Waals surface area contributed by atoms with Crippen LogP contribution in [0.4, 0.5) is 0 Å². The zero-order valence-electron chi connectivity index (χ0n) is 17.4. The van der Waals surface area contributed by atoms with Gasteiger partial charge in [0.1, 0.15) is 11.8 Å². The standard InChI is InChI=1S/C23H29ClN2O3/c1-16(2)14-25-23(28)17(3)26(15-19-6-5-7-21(12-19)29-4)22(27)13-18-8-10-20(24)11-9-18/h5-12,16-17H,13-15H2,1-4H3,(H,25,28)/t17-/m0/s1. The molecule has 0 radical (unpaired) electrons. The van der Waals surface area contributed by atoms with E-state index in [1.807, 2.05) is 50.2 Å². The predicted octanol–water partition coefficient (Wildman–Crippen LogP) is 4.08. The Labute approximate surface area is 178 Å². The second-order valence-electron chi connectivity index (χ2n) is 7.49. The summed E-state index contributed by atoms with van der Waals surface area (Å²) in [5.74, 6) is 0.764. The van der Waals surface area contributed by atoms with Gasteiger partial charge in [-0.1, -0.05) is 49.7 Å². The lowest BCUT2D eigenvalue weighted by molar-refractivity contribution is -0.140. The van der Waals surface area contributed by atoms with Gasteiger partial charge < -0.3 is 15.0 Å². The van der Waals surface area contributed by atoms with Crippen LogP contribution in [0.2, 0.25) is 5.02 Å². The van der Waals surface area contributed by atoms with Gasteiger partial charge in [-0.15, -0.1) is 0 Å². The number of carbonyl (C=O) groups excluding carboxylic acids is 2. The van der Waals surface area contributed by atoms with E-state index in [0.717, 1.165) is 11.1 Å². The van der Waals surface area contributed by atoms with Gasteiger partial charge in [0, 0.05) is 18.1 Å². The van der Waals surface area contributed by atoms with Crippen molar-refractivity contribution in [3.8, 4) is 5.75 Å². The minimum atomic E-state index is -0.597. The predicted molar refractivity (Wildman–Crippen MR) is 116 cm³/mol. The van der Waals surface area contributed by atoms with Crippen molar-refractivity contribution in [1.82, 2.24) is 10.2 Å². The average Bonchev–Trinajstić information content (AvgIpc) is 2.71. The third-order valence-corrected chi connectivity index (χ3v) is 4.86. The number of benzene rings is 2. The zero-order valence-corrected chi connectivity index (χ0v) is 18.2. The number of halogens is 1. The Bertz CT molecular complexity index is 821. The van der Waals surface area contributed by atoms with Crippen molar-refractivity contribution in [3.63, 3.8) is 0 Å². The number of nitrogens with zero attached hydrogens (tertiary/aromatic N) is 1. The maximum Gasteiger partial charge on any atom is 0.242 e. The van der Waals surface area contributed by atoms with Crippen LogP contribution in [0, 0.1) is 5.92 Å². The first-order valence-corrected chi connectivity index (χ1v) is 10.1. The molecule has 0 saturated carbocycles. The molecule has 2 rings (SSSR count). The van der Waals surface area contributed by atoms with E-state index in [4.69, 9.17) is 16.3 Å². The highest BCUT2D eigenvalue weighted by Crippen LogP contribution is 2.18. The molecule has 5 nitrogen and oxygen atoms in total. The molecule has 2 aromatic rings. The van der Waals surface area contributed by atoms with Crippen molar-refractivity contribution in [3.05, 3.63) is 64.7 Å². The molecular weight excluding hydrogens is 388 g/mol. The first-order valence-electron chi connectivity index (χ1n) is 9.74. The monoisotopic (exact) mass is 416 g/mol. The topological polar surface area (TPSA) is 58.6 Å². The van der Waals surface area contributed by atoms with E-state index in [-0.39, 0.29) is 18.2 Å². The summed E-state index contributed by atoms with van der Waals surface area (Å²) >= 11 is 5.94. The molecule has 0 aliphatic carbocycles. The third kappa shape index (κ3) is 7.09. The Balaban J connectivity index is 2.21. The molecule has 0 fully saturated rings. The van der Waals surface area contributed by atoms with Crippen molar-refractivity contribution in [1.29, 1.82) is 0 Å². The van der Waals surface area contributed by atoms with Crippen molar-refractivity contribution in [2.45, 2.75) is 39.8 Å². The Kier molecular flexibility index (Phi) is 8.52. The second kappa shape index (κ2) is 10.9. The maximum atomic E-state index is 13.1. The van der Waals surface area contributed by atoms with Gasteiger partial charge in [-0.2, -0.15) is 0 Å². The van der Waals surface area contributed by atoms with Gasteiger partial charge in [0.25, 0.3) is 0 Å². The quantitative estimate of drug-likeness (QED) is 0.670. The molecule has 156 valence electrons. The smallest absolute Gasteiger partial charge is 0.242 e. The van der Waals surface area contributed by atoms with Gasteiger partial charge in [-0.05, 0) is 48.2 Å². The lowest BCUT2D eigenvalue weighted by atomic mass is 10.1. The van der Waals surface area contributed by atoms with E-state index in [2.05, 4.69) is 5.32 Å². The summed E-state index contributed by atoms with van der Waals surface area (Å²) in [7, 11) is 1.60. The Morgan fingerprint density at radius 3 is 2.38 bits per heavy atom. The Hall–Kier alpha value is -2.53. The summed E-state index contributed by atoms with van der Waals surface area (Å²) < 4.78 is 5.28. The van der Waals surface area contributed by atoms with Crippen LogP contribution in [-0.4, -0.2) is 36.4 Å². The lowest BCUT2D eigenvalue weighted by Gasteiger charge is -2.29. The van der Waals surface area contributed by atoms with Crippen LogP contribution in [-0.2, 0) is 22.6 Å². The van der Waals surface area contributed by atoms with Crippen molar-refractivity contribution >= 4 is 23.4 Å². The molecule has 1 N–H and O–H groups in total. The van der Waals surface area contributed by atoms with E-state index in [9.17, 15) is 9.59 Å². The van der Waals surface area contributed by atoms with Crippen LogP contribution in [0.3, 0.4) is 0 Å². The normalized spacial score (nSPS) is 11.8. The van der Waals surface area contributed by atoms with Gasteiger partial charge in [-0.3, -0.25) is 9.59 Å². The molecular formula is C23H29ClN2O3. The molecule has 1 atom stereocenters. The molecule has 0 aliphatic rings. The molecule has 0 spiro atoms. The number of ether oxygens (including phenoxy) is 1. The highest BCUT2D eigenvalue weighted by Gasteiger charge is 2.26. The molecule has 29 heavy (non-hydrogen) atoms.